The standard InChI is InChI=1S/C21H25N5O2/c1-28-12-11-25-10-9-17(14-25)20-24-23-19-8-7-18(15-26(19)20)21(27)22-13-16-5-3-2-4-6-16/h2-8,15,17H,9-14H2,1H3,(H,22,27). The monoisotopic (exact) mass is 379 g/mol. The normalized spacial score (nSPS) is 17.2. The first kappa shape index (κ1) is 18.6. The van der Waals surface area contributed by atoms with E-state index in [4.69, 9.17) is 4.74 Å². The van der Waals surface area contributed by atoms with Crippen molar-refractivity contribution in [3.8, 4) is 0 Å². The zero-order valence-electron chi connectivity index (χ0n) is 16.0. The number of nitrogens with zero attached hydrogens (tertiary/aromatic N) is 4. The largest absolute Gasteiger partial charge is 0.383 e. The number of likely N-dealkylation sites (tertiary alicyclic amines) is 1. The molecule has 1 fully saturated rings. The zero-order valence-corrected chi connectivity index (χ0v) is 16.0. The fraction of sp³-hybridized carbons (Fsp3) is 0.381. The van der Waals surface area contributed by atoms with Crippen molar-refractivity contribution < 1.29 is 9.53 Å². The van der Waals surface area contributed by atoms with Crippen molar-refractivity contribution in [1.82, 2.24) is 24.8 Å². The maximum atomic E-state index is 12.6. The lowest BCUT2D eigenvalue weighted by Crippen LogP contribution is -2.25. The van der Waals surface area contributed by atoms with Gasteiger partial charge in [-0.1, -0.05) is 30.3 Å². The van der Waals surface area contributed by atoms with E-state index in [2.05, 4.69) is 20.4 Å². The molecule has 3 aromatic rings. The quantitative estimate of drug-likeness (QED) is 0.681. The zero-order chi connectivity index (χ0) is 19.3. The summed E-state index contributed by atoms with van der Waals surface area (Å²) < 4.78 is 7.14. The minimum atomic E-state index is -0.0986. The lowest BCUT2D eigenvalue weighted by molar-refractivity contribution is 0.0950. The highest BCUT2D eigenvalue weighted by atomic mass is 16.5. The molecule has 0 radical (unpaired) electrons. The molecular formula is C21H25N5O2. The summed E-state index contributed by atoms with van der Waals surface area (Å²) in [5.41, 5.74) is 2.45. The summed E-state index contributed by atoms with van der Waals surface area (Å²) in [4.78, 5) is 15.0. The molecule has 3 heterocycles. The van der Waals surface area contributed by atoms with E-state index in [9.17, 15) is 4.79 Å². The van der Waals surface area contributed by atoms with Crippen LogP contribution in [-0.2, 0) is 11.3 Å². The Morgan fingerprint density at radius 2 is 2.07 bits per heavy atom. The maximum absolute atomic E-state index is 12.6. The third-order valence-electron chi connectivity index (χ3n) is 5.24. The Balaban J connectivity index is 1.48. The maximum Gasteiger partial charge on any atom is 0.253 e. The fourth-order valence-corrected chi connectivity index (χ4v) is 3.67. The molecule has 1 saturated heterocycles. The highest BCUT2D eigenvalue weighted by Gasteiger charge is 2.27. The van der Waals surface area contributed by atoms with Gasteiger partial charge in [0.15, 0.2) is 5.65 Å². The third-order valence-corrected chi connectivity index (χ3v) is 5.24. The summed E-state index contributed by atoms with van der Waals surface area (Å²) in [6.45, 7) is 4.13. The molecule has 1 amide bonds. The second-order valence-electron chi connectivity index (χ2n) is 7.15. The van der Waals surface area contributed by atoms with Crippen LogP contribution in [0.2, 0.25) is 0 Å². The second-order valence-corrected chi connectivity index (χ2v) is 7.15. The van der Waals surface area contributed by atoms with Crippen LogP contribution in [0.5, 0.6) is 0 Å². The van der Waals surface area contributed by atoms with Gasteiger partial charge in [0.25, 0.3) is 5.91 Å². The number of ether oxygens (including phenoxy) is 1. The van der Waals surface area contributed by atoms with E-state index in [1.165, 1.54) is 0 Å². The van der Waals surface area contributed by atoms with Crippen LogP contribution in [0.15, 0.2) is 48.7 Å². The molecule has 1 aliphatic rings. The van der Waals surface area contributed by atoms with Crippen LogP contribution in [0.25, 0.3) is 5.65 Å². The first-order valence-electron chi connectivity index (χ1n) is 9.62. The van der Waals surface area contributed by atoms with Gasteiger partial charge in [0.2, 0.25) is 0 Å². The average molecular weight is 379 g/mol. The number of fused-ring (bicyclic) bond motifs is 1. The first-order chi connectivity index (χ1) is 13.7. The Kier molecular flexibility index (Phi) is 5.64. The van der Waals surface area contributed by atoms with Crippen molar-refractivity contribution in [3.05, 3.63) is 65.6 Å². The van der Waals surface area contributed by atoms with Gasteiger partial charge in [-0.05, 0) is 30.7 Å². The van der Waals surface area contributed by atoms with Gasteiger partial charge in [-0.3, -0.25) is 9.20 Å². The molecule has 7 nitrogen and oxygen atoms in total. The number of nitrogens with one attached hydrogen (secondary N) is 1. The number of pyridine rings is 1. The Bertz CT molecular complexity index is 940. The Labute approximate surface area is 164 Å². The van der Waals surface area contributed by atoms with E-state index < -0.39 is 0 Å². The van der Waals surface area contributed by atoms with Crippen molar-refractivity contribution >= 4 is 11.6 Å². The number of carbonyl (C=O) groups is 1. The SMILES string of the molecule is COCCN1CCC(c2nnc3ccc(C(=O)NCc4ccccc4)cn23)C1. The van der Waals surface area contributed by atoms with Crippen molar-refractivity contribution in [3.63, 3.8) is 0 Å². The summed E-state index contributed by atoms with van der Waals surface area (Å²) in [5, 5.41) is 11.7. The first-order valence-corrected chi connectivity index (χ1v) is 9.62. The number of hydrogen-bond donors (Lipinski definition) is 1. The van der Waals surface area contributed by atoms with Crippen LogP contribution in [0.3, 0.4) is 0 Å². The summed E-state index contributed by atoms with van der Waals surface area (Å²) in [5.74, 6) is 1.14. The Morgan fingerprint density at radius 3 is 2.89 bits per heavy atom. The molecule has 1 unspecified atom stereocenters. The van der Waals surface area contributed by atoms with Crippen LogP contribution in [0.1, 0.15) is 34.1 Å². The molecule has 0 bridgehead atoms. The summed E-state index contributed by atoms with van der Waals surface area (Å²) in [6, 6.07) is 13.5. The smallest absolute Gasteiger partial charge is 0.253 e. The van der Waals surface area contributed by atoms with Gasteiger partial charge in [0, 0.05) is 38.9 Å². The Hall–Kier alpha value is -2.77. The molecule has 1 aromatic carbocycles. The van der Waals surface area contributed by atoms with Gasteiger partial charge in [0.05, 0.1) is 12.2 Å². The lowest BCUT2D eigenvalue weighted by atomic mass is 10.1. The van der Waals surface area contributed by atoms with Crippen molar-refractivity contribution in [1.29, 1.82) is 0 Å². The number of rotatable bonds is 7. The van der Waals surface area contributed by atoms with Crippen LogP contribution in [-0.4, -0.2) is 58.8 Å². The van der Waals surface area contributed by atoms with Crippen molar-refractivity contribution in [2.75, 3.05) is 33.4 Å². The van der Waals surface area contributed by atoms with Gasteiger partial charge < -0.3 is 15.0 Å². The third kappa shape index (κ3) is 4.05. The molecule has 4 rings (SSSR count). The van der Waals surface area contributed by atoms with Gasteiger partial charge in [-0.2, -0.15) is 0 Å². The molecule has 7 heteroatoms. The van der Waals surface area contributed by atoms with Gasteiger partial charge in [-0.25, -0.2) is 0 Å². The number of aromatic nitrogens is 3. The predicted octanol–water partition coefficient (Wildman–Crippen LogP) is 2.09. The van der Waals surface area contributed by atoms with E-state index in [-0.39, 0.29) is 5.91 Å². The van der Waals surface area contributed by atoms with Gasteiger partial charge in [0.1, 0.15) is 5.82 Å². The predicted molar refractivity (Wildman–Crippen MR) is 106 cm³/mol. The molecule has 1 N–H and O–H groups in total. The number of carbonyl (C=O) groups excluding carboxylic acids is 1. The summed E-state index contributed by atoms with van der Waals surface area (Å²) in [6.07, 6.45) is 2.89. The molecule has 0 saturated carbocycles. The second kappa shape index (κ2) is 8.50. The number of benzene rings is 1. The van der Waals surface area contributed by atoms with Gasteiger partial charge >= 0.3 is 0 Å². The van der Waals surface area contributed by atoms with Crippen LogP contribution < -0.4 is 5.32 Å². The summed E-state index contributed by atoms with van der Waals surface area (Å²) in [7, 11) is 1.73. The molecule has 1 atom stereocenters. The Morgan fingerprint density at radius 1 is 1.21 bits per heavy atom. The van der Waals surface area contributed by atoms with Crippen LogP contribution in [0, 0.1) is 0 Å². The molecular weight excluding hydrogens is 354 g/mol. The van der Waals surface area contributed by atoms with Crippen LogP contribution >= 0.6 is 0 Å². The number of amides is 1. The van der Waals surface area contributed by atoms with E-state index in [1.54, 1.807) is 13.2 Å². The van der Waals surface area contributed by atoms with E-state index in [0.717, 1.165) is 49.7 Å². The van der Waals surface area contributed by atoms with Gasteiger partial charge in [-0.15, -0.1) is 10.2 Å². The minimum absolute atomic E-state index is 0.0986. The van der Waals surface area contributed by atoms with Crippen LogP contribution in [0.4, 0.5) is 0 Å². The van der Waals surface area contributed by atoms with E-state index in [0.29, 0.717) is 18.0 Å². The van der Waals surface area contributed by atoms with Crippen molar-refractivity contribution in [2.45, 2.75) is 18.9 Å². The molecule has 146 valence electrons. The number of hydrogen-bond acceptors (Lipinski definition) is 5. The number of methoxy groups -OCH3 is 1. The molecule has 28 heavy (non-hydrogen) atoms. The topological polar surface area (TPSA) is 71.8 Å². The minimum Gasteiger partial charge on any atom is -0.383 e. The van der Waals surface area contributed by atoms with Crippen molar-refractivity contribution in [2.24, 2.45) is 0 Å². The highest BCUT2D eigenvalue weighted by molar-refractivity contribution is 5.94. The van der Waals surface area contributed by atoms with E-state index >= 15 is 0 Å². The summed E-state index contributed by atoms with van der Waals surface area (Å²) >= 11 is 0. The molecule has 0 aliphatic carbocycles. The molecule has 2 aromatic heterocycles. The molecule has 0 spiro atoms. The fourth-order valence-electron chi connectivity index (χ4n) is 3.67. The van der Waals surface area contributed by atoms with E-state index in [1.807, 2.05) is 47.0 Å². The molecule has 1 aliphatic heterocycles. The highest BCUT2D eigenvalue weighted by Crippen LogP contribution is 2.26. The average Bonchev–Trinajstić information content (AvgIpc) is 3.37. The lowest BCUT2D eigenvalue weighted by Gasteiger charge is -2.14.